The van der Waals surface area contributed by atoms with Crippen LogP contribution in [0.15, 0.2) is 11.0 Å². The normalized spacial score (nSPS) is 20.5. The Kier molecular flexibility index (Phi) is 6.17. The number of benzene rings is 1. The number of hydrogen-bond acceptors (Lipinski definition) is 4. The van der Waals surface area contributed by atoms with Crippen molar-refractivity contribution in [1.82, 2.24) is 9.21 Å². The zero-order chi connectivity index (χ0) is 20.6. The van der Waals surface area contributed by atoms with Gasteiger partial charge in [0.2, 0.25) is 15.9 Å². The van der Waals surface area contributed by atoms with E-state index >= 15 is 0 Å². The second-order valence-corrected chi connectivity index (χ2v) is 10.2. The first kappa shape index (κ1) is 21.3. The Morgan fingerprint density at radius 3 is 1.93 bits per heavy atom. The zero-order valence-corrected chi connectivity index (χ0v) is 18.2. The number of piperidine rings is 2. The van der Waals surface area contributed by atoms with Crippen LogP contribution in [-0.4, -0.2) is 60.9 Å². The van der Waals surface area contributed by atoms with Gasteiger partial charge in [0.05, 0.1) is 11.0 Å². The molecule has 0 aliphatic carbocycles. The molecule has 1 amide bonds. The molecule has 1 aromatic carbocycles. The Morgan fingerprint density at radius 1 is 0.929 bits per heavy atom. The van der Waals surface area contributed by atoms with Crippen LogP contribution < -0.4 is 0 Å². The predicted molar refractivity (Wildman–Crippen MR) is 109 cm³/mol. The van der Waals surface area contributed by atoms with Gasteiger partial charge in [-0.15, -0.1) is 0 Å². The highest BCUT2D eigenvalue weighted by atomic mass is 32.2. The van der Waals surface area contributed by atoms with Crippen LogP contribution >= 0.6 is 0 Å². The third-order valence-electron chi connectivity index (χ3n) is 6.47. The highest BCUT2D eigenvalue weighted by Crippen LogP contribution is 2.31. The summed E-state index contributed by atoms with van der Waals surface area (Å²) >= 11 is 0. The quantitative estimate of drug-likeness (QED) is 0.833. The van der Waals surface area contributed by atoms with Gasteiger partial charge in [-0.2, -0.15) is 4.31 Å². The summed E-state index contributed by atoms with van der Waals surface area (Å²) in [5, 5.41) is 9.62. The minimum Gasteiger partial charge on any atom is -0.393 e. The highest BCUT2D eigenvalue weighted by Gasteiger charge is 2.36. The van der Waals surface area contributed by atoms with Gasteiger partial charge in [0, 0.05) is 32.1 Å². The van der Waals surface area contributed by atoms with E-state index in [1.165, 1.54) is 0 Å². The lowest BCUT2D eigenvalue weighted by molar-refractivity contribution is -0.138. The van der Waals surface area contributed by atoms with Gasteiger partial charge in [0.25, 0.3) is 0 Å². The molecular weight excluding hydrogens is 376 g/mol. The Balaban J connectivity index is 1.72. The number of carbonyl (C=O) groups is 1. The van der Waals surface area contributed by atoms with Crippen LogP contribution in [0.5, 0.6) is 0 Å². The van der Waals surface area contributed by atoms with Crippen LogP contribution in [0.2, 0.25) is 0 Å². The minimum atomic E-state index is -3.57. The first-order chi connectivity index (χ1) is 13.1. The lowest BCUT2D eigenvalue weighted by Gasteiger charge is -2.36. The average Bonchev–Trinajstić information content (AvgIpc) is 2.66. The number of sulfonamides is 1. The van der Waals surface area contributed by atoms with Gasteiger partial charge in [0.1, 0.15) is 0 Å². The lowest BCUT2D eigenvalue weighted by Crippen LogP contribution is -2.47. The molecule has 6 nitrogen and oxygen atoms in total. The molecule has 2 fully saturated rings. The van der Waals surface area contributed by atoms with Gasteiger partial charge in [0.15, 0.2) is 0 Å². The number of rotatable bonds is 3. The molecule has 2 aliphatic heterocycles. The van der Waals surface area contributed by atoms with Crippen LogP contribution in [0.25, 0.3) is 0 Å². The second kappa shape index (κ2) is 8.13. The van der Waals surface area contributed by atoms with Crippen molar-refractivity contribution in [3.63, 3.8) is 0 Å². The Morgan fingerprint density at radius 2 is 1.43 bits per heavy atom. The molecule has 2 aliphatic rings. The second-order valence-electron chi connectivity index (χ2n) is 8.32. The molecule has 28 heavy (non-hydrogen) atoms. The van der Waals surface area contributed by atoms with Crippen LogP contribution in [0.1, 0.15) is 47.9 Å². The molecule has 3 rings (SSSR count). The summed E-state index contributed by atoms with van der Waals surface area (Å²) in [5.41, 5.74) is 3.60. The number of likely N-dealkylation sites (tertiary alicyclic amines) is 1. The van der Waals surface area contributed by atoms with Gasteiger partial charge in [-0.1, -0.05) is 6.07 Å². The van der Waals surface area contributed by atoms with Crippen LogP contribution in [0.3, 0.4) is 0 Å². The third-order valence-corrected chi connectivity index (χ3v) is 8.65. The van der Waals surface area contributed by atoms with Crippen molar-refractivity contribution in [2.24, 2.45) is 5.92 Å². The molecule has 0 radical (unpaired) electrons. The van der Waals surface area contributed by atoms with Gasteiger partial charge < -0.3 is 10.0 Å². The molecule has 0 atom stereocenters. The van der Waals surface area contributed by atoms with Crippen molar-refractivity contribution in [3.05, 3.63) is 28.3 Å². The molecule has 0 unspecified atom stereocenters. The molecule has 0 aromatic heterocycles. The fourth-order valence-electron chi connectivity index (χ4n) is 4.38. The monoisotopic (exact) mass is 408 g/mol. The Bertz CT molecular complexity index is 823. The van der Waals surface area contributed by atoms with Crippen LogP contribution in [0.4, 0.5) is 0 Å². The molecular formula is C21H32N2O4S. The summed E-state index contributed by atoms with van der Waals surface area (Å²) in [6.45, 7) is 9.58. The summed E-state index contributed by atoms with van der Waals surface area (Å²) in [4.78, 5) is 15.0. The average molecular weight is 409 g/mol. The maximum absolute atomic E-state index is 13.4. The van der Waals surface area contributed by atoms with Crippen molar-refractivity contribution in [3.8, 4) is 0 Å². The van der Waals surface area contributed by atoms with E-state index in [0.29, 0.717) is 56.8 Å². The predicted octanol–water partition coefficient (Wildman–Crippen LogP) is 2.30. The van der Waals surface area contributed by atoms with Crippen LogP contribution in [-0.2, 0) is 14.8 Å². The molecule has 0 bridgehead atoms. The van der Waals surface area contributed by atoms with E-state index in [0.717, 1.165) is 22.3 Å². The number of hydrogen-bond donors (Lipinski definition) is 1. The number of amides is 1. The van der Waals surface area contributed by atoms with Crippen molar-refractivity contribution in [2.45, 2.75) is 64.4 Å². The summed E-state index contributed by atoms with van der Waals surface area (Å²) < 4.78 is 28.2. The molecule has 0 saturated carbocycles. The van der Waals surface area contributed by atoms with E-state index in [2.05, 4.69) is 0 Å². The smallest absolute Gasteiger partial charge is 0.243 e. The topological polar surface area (TPSA) is 77.9 Å². The summed E-state index contributed by atoms with van der Waals surface area (Å²) in [7, 11) is -3.57. The molecule has 7 heteroatoms. The summed E-state index contributed by atoms with van der Waals surface area (Å²) in [6, 6.07) is 2.03. The fraction of sp³-hybridized carbons (Fsp3) is 0.667. The van der Waals surface area contributed by atoms with Gasteiger partial charge in [-0.3, -0.25) is 4.79 Å². The number of nitrogens with zero attached hydrogens (tertiary/aromatic N) is 2. The van der Waals surface area contributed by atoms with Crippen molar-refractivity contribution >= 4 is 15.9 Å². The first-order valence-electron chi connectivity index (χ1n) is 10.2. The maximum atomic E-state index is 13.4. The van der Waals surface area contributed by atoms with Gasteiger partial charge in [-0.25, -0.2) is 8.42 Å². The maximum Gasteiger partial charge on any atom is 0.243 e. The standard InChI is InChI=1S/C21H32N2O4S/c1-14-13-15(2)17(4)20(16(14)3)28(26,27)23-11-5-18(6-12-23)21(25)22-9-7-19(24)8-10-22/h13,18-19,24H,5-12H2,1-4H3. The van der Waals surface area contributed by atoms with Crippen molar-refractivity contribution in [1.29, 1.82) is 0 Å². The van der Waals surface area contributed by atoms with E-state index in [-0.39, 0.29) is 17.9 Å². The molecule has 0 spiro atoms. The van der Waals surface area contributed by atoms with Crippen molar-refractivity contribution in [2.75, 3.05) is 26.2 Å². The lowest BCUT2D eigenvalue weighted by atomic mass is 9.95. The van der Waals surface area contributed by atoms with E-state index < -0.39 is 10.0 Å². The number of aryl methyl sites for hydroxylation is 2. The highest BCUT2D eigenvalue weighted by molar-refractivity contribution is 7.89. The minimum absolute atomic E-state index is 0.114. The molecule has 2 heterocycles. The van der Waals surface area contributed by atoms with E-state index in [4.69, 9.17) is 0 Å². The first-order valence-corrected chi connectivity index (χ1v) is 11.6. The SMILES string of the molecule is Cc1cc(C)c(C)c(S(=O)(=O)N2CCC(C(=O)N3CCC(O)CC3)CC2)c1C. The van der Waals surface area contributed by atoms with Crippen molar-refractivity contribution < 1.29 is 18.3 Å². The van der Waals surface area contributed by atoms with Gasteiger partial charge >= 0.3 is 0 Å². The third kappa shape index (κ3) is 3.98. The van der Waals surface area contributed by atoms with Gasteiger partial charge in [-0.05, 0) is 75.6 Å². The number of carbonyl (C=O) groups excluding carboxylic acids is 1. The fourth-order valence-corrected chi connectivity index (χ4v) is 6.43. The largest absolute Gasteiger partial charge is 0.393 e. The molecule has 1 aromatic rings. The van der Waals surface area contributed by atoms with Crippen LogP contribution in [0, 0.1) is 33.6 Å². The van der Waals surface area contributed by atoms with E-state index in [9.17, 15) is 18.3 Å². The Labute approximate surface area is 168 Å². The Hall–Kier alpha value is -1.44. The summed E-state index contributed by atoms with van der Waals surface area (Å²) in [6.07, 6.45) is 2.06. The number of aliphatic hydroxyl groups is 1. The number of aliphatic hydroxyl groups excluding tert-OH is 1. The van der Waals surface area contributed by atoms with E-state index in [1.807, 2.05) is 38.7 Å². The molecule has 156 valence electrons. The van der Waals surface area contributed by atoms with E-state index in [1.54, 1.807) is 4.31 Å². The molecule has 2 saturated heterocycles. The summed E-state index contributed by atoms with van der Waals surface area (Å²) in [5.74, 6) is -0.00848. The molecule has 1 N–H and O–H groups in total. The zero-order valence-electron chi connectivity index (χ0n) is 17.4.